The number of alkyl halides is 3. The molecule has 17 heavy (non-hydrogen) atoms. The molecule has 1 fully saturated rings. The molecule has 0 spiro atoms. The molecule has 4 nitrogen and oxygen atoms in total. The number of piperidine rings is 1. The van der Waals surface area contributed by atoms with Crippen LogP contribution in [0.25, 0.3) is 0 Å². The first-order valence-corrected chi connectivity index (χ1v) is 5.14. The molecule has 98 valence electrons. The Hall–Kier alpha value is -0.820. The van der Waals surface area contributed by atoms with E-state index in [1.807, 2.05) is 0 Å². The molecule has 1 atom stereocenters. The minimum absolute atomic E-state index is 0. The first kappa shape index (κ1) is 14.2. The van der Waals surface area contributed by atoms with Crippen LogP contribution in [0, 0.1) is 0 Å². The van der Waals surface area contributed by atoms with Crippen molar-refractivity contribution in [1.29, 1.82) is 0 Å². The van der Waals surface area contributed by atoms with Crippen LogP contribution in [0.4, 0.5) is 13.2 Å². The average molecular weight is 272 g/mol. The van der Waals surface area contributed by atoms with Crippen molar-refractivity contribution in [2.24, 2.45) is 0 Å². The van der Waals surface area contributed by atoms with Crippen LogP contribution in [0.5, 0.6) is 0 Å². The smallest absolute Gasteiger partial charge is 0.339 e. The van der Waals surface area contributed by atoms with Crippen molar-refractivity contribution < 1.29 is 17.7 Å². The molecule has 0 bridgehead atoms. The van der Waals surface area contributed by atoms with Gasteiger partial charge in [-0.3, -0.25) is 0 Å². The summed E-state index contributed by atoms with van der Waals surface area (Å²) in [7, 11) is 0. The molecule has 1 unspecified atom stereocenters. The lowest BCUT2D eigenvalue weighted by atomic mass is 10.00. The van der Waals surface area contributed by atoms with E-state index >= 15 is 0 Å². The Labute approximate surface area is 102 Å². The number of hydrogen-bond acceptors (Lipinski definition) is 4. The Morgan fingerprint density at radius 2 is 2.18 bits per heavy atom. The van der Waals surface area contributed by atoms with Crippen LogP contribution in [0.2, 0.25) is 0 Å². The van der Waals surface area contributed by atoms with Crippen LogP contribution in [0.15, 0.2) is 4.52 Å². The molecule has 0 aromatic carbocycles. The summed E-state index contributed by atoms with van der Waals surface area (Å²) in [6.45, 7) is 1.62. The lowest BCUT2D eigenvalue weighted by Crippen LogP contribution is -2.28. The molecular formula is C9H13ClF3N3O. The number of hydrogen-bond donors (Lipinski definition) is 1. The highest BCUT2D eigenvalue weighted by molar-refractivity contribution is 5.85. The summed E-state index contributed by atoms with van der Waals surface area (Å²) in [5.74, 6) is 0.0720. The van der Waals surface area contributed by atoms with E-state index in [-0.39, 0.29) is 24.1 Å². The normalized spacial score (nSPS) is 21.0. The van der Waals surface area contributed by atoms with Gasteiger partial charge >= 0.3 is 6.18 Å². The second-order valence-corrected chi connectivity index (χ2v) is 3.88. The van der Waals surface area contributed by atoms with Gasteiger partial charge in [0, 0.05) is 6.54 Å². The van der Waals surface area contributed by atoms with E-state index in [0.29, 0.717) is 12.4 Å². The highest BCUT2D eigenvalue weighted by Gasteiger charge is 2.31. The van der Waals surface area contributed by atoms with Gasteiger partial charge < -0.3 is 9.84 Å². The minimum atomic E-state index is -4.29. The zero-order valence-corrected chi connectivity index (χ0v) is 9.77. The van der Waals surface area contributed by atoms with Gasteiger partial charge in [0.2, 0.25) is 5.89 Å². The van der Waals surface area contributed by atoms with Crippen molar-refractivity contribution in [2.45, 2.75) is 31.4 Å². The molecule has 1 saturated heterocycles. The van der Waals surface area contributed by atoms with E-state index in [1.165, 1.54) is 0 Å². The van der Waals surface area contributed by atoms with Crippen LogP contribution >= 0.6 is 12.4 Å². The Morgan fingerprint density at radius 1 is 1.41 bits per heavy atom. The van der Waals surface area contributed by atoms with Crippen LogP contribution in [-0.2, 0) is 6.42 Å². The zero-order valence-electron chi connectivity index (χ0n) is 8.96. The highest BCUT2D eigenvalue weighted by atomic mass is 35.5. The van der Waals surface area contributed by atoms with Gasteiger partial charge in [-0.15, -0.1) is 12.4 Å². The molecule has 8 heteroatoms. The molecule has 1 N–H and O–H groups in total. The van der Waals surface area contributed by atoms with Gasteiger partial charge in [-0.1, -0.05) is 5.16 Å². The van der Waals surface area contributed by atoms with E-state index in [2.05, 4.69) is 15.5 Å². The van der Waals surface area contributed by atoms with E-state index < -0.39 is 12.6 Å². The first-order valence-electron chi connectivity index (χ1n) is 5.14. The summed E-state index contributed by atoms with van der Waals surface area (Å²) >= 11 is 0. The van der Waals surface area contributed by atoms with Crippen LogP contribution in [-0.4, -0.2) is 29.4 Å². The first-order chi connectivity index (χ1) is 7.54. The summed E-state index contributed by atoms with van der Waals surface area (Å²) in [5, 5.41) is 6.48. The van der Waals surface area contributed by atoms with Crippen molar-refractivity contribution in [2.75, 3.05) is 13.1 Å². The van der Waals surface area contributed by atoms with Crippen LogP contribution in [0.1, 0.15) is 30.5 Å². The standard InChI is InChI=1S/C9H12F3N3O.ClH/c10-9(11,12)4-7-14-8(16-15-7)6-2-1-3-13-5-6;/h6,13H,1-5H2;1H. The van der Waals surface area contributed by atoms with Crippen molar-refractivity contribution in [3.05, 3.63) is 11.7 Å². The maximum Gasteiger partial charge on any atom is 0.396 e. The Balaban J connectivity index is 0.00000144. The largest absolute Gasteiger partial charge is 0.396 e. The van der Waals surface area contributed by atoms with Crippen LogP contribution in [0.3, 0.4) is 0 Å². The highest BCUT2D eigenvalue weighted by Crippen LogP contribution is 2.24. The SMILES string of the molecule is Cl.FC(F)(F)Cc1noc(C2CCCNC2)n1. The topological polar surface area (TPSA) is 51.0 Å². The quantitative estimate of drug-likeness (QED) is 0.895. The molecule has 0 radical (unpaired) electrons. The third-order valence-electron chi connectivity index (χ3n) is 2.49. The summed E-state index contributed by atoms with van der Waals surface area (Å²) < 4.78 is 41.0. The monoisotopic (exact) mass is 271 g/mol. The second-order valence-electron chi connectivity index (χ2n) is 3.88. The van der Waals surface area contributed by atoms with Gasteiger partial charge in [0.1, 0.15) is 6.42 Å². The van der Waals surface area contributed by atoms with Gasteiger partial charge in [-0.05, 0) is 19.4 Å². The van der Waals surface area contributed by atoms with Gasteiger partial charge in [-0.25, -0.2) is 0 Å². The Morgan fingerprint density at radius 3 is 2.76 bits per heavy atom. The predicted octanol–water partition coefficient (Wildman–Crippen LogP) is 2.06. The second kappa shape index (κ2) is 5.68. The average Bonchev–Trinajstić information content (AvgIpc) is 2.65. The fraction of sp³-hybridized carbons (Fsp3) is 0.778. The van der Waals surface area contributed by atoms with Gasteiger partial charge in [0.15, 0.2) is 5.82 Å². The number of halogens is 4. The molecule has 1 aromatic heterocycles. The minimum Gasteiger partial charge on any atom is -0.339 e. The predicted molar refractivity (Wildman–Crippen MR) is 56.1 cm³/mol. The summed E-state index contributed by atoms with van der Waals surface area (Å²) in [6.07, 6.45) is -3.56. The van der Waals surface area contributed by atoms with Crippen LogP contribution < -0.4 is 5.32 Å². The van der Waals surface area contributed by atoms with Gasteiger partial charge in [0.25, 0.3) is 0 Å². The van der Waals surface area contributed by atoms with Crippen molar-refractivity contribution >= 4 is 12.4 Å². The third-order valence-corrected chi connectivity index (χ3v) is 2.49. The summed E-state index contributed by atoms with van der Waals surface area (Å²) in [5.41, 5.74) is 0. The molecule has 1 aliphatic heterocycles. The number of rotatable bonds is 2. The molecule has 0 saturated carbocycles. The lowest BCUT2D eigenvalue weighted by molar-refractivity contribution is -0.128. The van der Waals surface area contributed by atoms with Gasteiger partial charge in [0.05, 0.1) is 5.92 Å². The van der Waals surface area contributed by atoms with Crippen molar-refractivity contribution in [1.82, 2.24) is 15.5 Å². The molecule has 1 aliphatic rings. The summed E-state index contributed by atoms with van der Waals surface area (Å²) in [4.78, 5) is 3.78. The van der Waals surface area contributed by atoms with E-state index in [1.54, 1.807) is 0 Å². The Bertz CT molecular complexity index is 350. The molecular weight excluding hydrogens is 259 g/mol. The fourth-order valence-corrected chi connectivity index (χ4v) is 1.75. The Kier molecular flexibility index (Phi) is 4.76. The van der Waals surface area contributed by atoms with Crippen molar-refractivity contribution in [3.63, 3.8) is 0 Å². The maximum atomic E-state index is 12.1. The van der Waals surface area contributed by atoms with E-state index in [9.17, 15) is 13.2 Å². The molecule has 1 aromatic rings. The molecule has 2 heterocycles. The van der Waals surface area contributed by atoms with Crippen molar-refractivity contribution in [3.8, 4) is 0 Å². The van der Waals surface area contributed by atoms with E-state index in [0.717, 1.165) is 19.4 Å². The summed E-state index contributed by atoms with van der Waals surface area (Å²) in [6, 6.07) is 0. The molecule has 0 amide bonds. The number of nitrogens with one attached hydrogen (secondary N) is 1. The molecule has 2 rings (SSSR count). The number of aromatic nitrogens is 2. The maximum absolute atomic E-state index is 12.1. The molecule has 0 aliphatic carbocycles. The van der Waals surface area contributed by atoms with E-state index in [4.69, 9.17) is 4.52 Å². The zero-order chi connectivity index (χ0) is 11.6. The number of nitrogens with zero attached hydrogens (tertiary/aromatic N) is 2. The third kappa shape index (κ3) is 4.16. The van der Waals surface area contributed by atoms with Gasteiger partial charge in [-0.2, -0.15) is 18.2 Å². The lowest BCUT2D eigenvalue weighted by Gasteiger charge is -2.18. The fourth-order valence-electron chi connectivity index (χ4n) is 1.75.